The largest absolute Gasteiger partial charge is 0.508 e. The van der Waals surface area contributed by atoms with Gasteiger partial charge in [0.15, 0.2) is 0 Å². The minimum absolute atomic E-state index is 0. The molecule has 0 aliphatic rings. The molecule has 0 aromatic heterocycles. The summed E-state index contributed by atoms with van der Waals surface area (Å²) in [6.07, 6.45) is 1.63. The highest BCUT2D eigenvalue weighted by molar-refractivity contribution is 7.85. The normalized spacial score (nSPS) is 9.90. The quantitative estimate of drug-likeness (QED) is 0.581. The fraction of sp³-hybridized carbons (Fsp3) is 0.286. The Bertz CT molecular complexity index is 504. The van der Waals surface area contributed by atoms with Crippen LogP contribution in [0.5, 0.6) is 5.75 Å². The molecule has 114 valence electrons. The number of Topliss-reactive ketones (excluding diaryl/α,β-unsaturated/α-hetero) is 1. The molecule has 0 aliphatic carbocycles. The molecular formula is C14H23NO4S. The van der Waals surface area contributed by atoms with Gasteiger partial charge in [0.2, 0.25) is 0 Å². The van der Waals surface area contributed by atoms with E-state index in [2.05, 4.69) is 12.6 Å². The molecule has 20 heavy (non-hydrogen) atoms. The molecule has 1 amide bonds. The van der Waals surface area contributed by atoms with Crippen LogP contribution in [-0.2, 0) is 16.0 Å². The molecule has 0 heterocycles. The van der Waals surface area contributed by atoms with E-state index < -0.39 is 5.91 Å². The minimum Gasteiger partial charge on any atom is -0.508 e. The Labute approximate surface area is 125 Å². The lowest BCUT2D eigenvalue weighted by molar-refractivity contribution is -0.116. The molecule has 0 spiro atoms. The predicted octanol–water partition coefficient (Wildman–Crippen LogP) is 1.73. The van der Waals surface area contributed by atoms with Crippen LogP contribution in [-0.4, -0.2) is 22.3 Å². The Hall–Kier alpha value is -1.79. The number of thiol groups is 1. The van der Waals surface area contributed by atoms with Gasteiger partial charge < -0.3 is 16.3 Å². The highest BCUT2D eigenvalue weighted by Crippen LogP contribution is 2.21. The lowest BCUT2D eigenvalue weighted by atomic mass is 10.0. The van der Waals surface area contributed by atoms with E-state index in [9.17, 15) is 14.7 Å². The van der Waals surface area contributed by atoms with Gasteiger partial charge in [-0.2, -0.15) is 0 Å². The Morgan fingerprint density at radius 3 is 2.40 bits per heavy atom. The van der Waals surface area contributed by atoms with Crippen molar-refractivity contribution in [1.82, 2.24) is 0 Å². The molecule has 0 aliphatic heterocycles. The van der Waals surface area contributed by atoms with E-state index in [-0.39, 0.29) is 29.8 Å². The Morgan fingerprint density at radius 1 is 1.40 bits per heavy atom. The summed E-state index contributed by atoms with van der Waals surface area (Å²) < 4.78 is 0. The fourth-order valence-electron chi connectivity index (χ4n) is 1.33. The molecular weight excluding hydrogens is 278 g/mol. The summed E-state index contributed by atoms with van der Waals surface area (Å²) in [5, 5.41) is 9.54. The topological polar surface area (TPSA) is 112 Å². The van der Waals surface area contributed by atoms with Gasteiger partial charge in [-0.25, -0.2) is 0 Å². The Balaban J connectivity index is -0.000000774. The van der Waals surface area contributed by atoms with Gasteiger partial charge in [0.05, 0.1) is 4.91 Å². The van der Waals surface area contributed by atoms with E-state index in [0.29, 0.717) is 11.1 Å². The average molecular weight is 301 g/mol. The molecule has 0 saturated carbocycles. The first-order valence-electron chi connectivity index (χ1n) is 5.92. The highest BCUT2D eigenvalue weighted by Gasteiger charge is 2.06. The number of nitrogens with two attached hydrogens (primary N) is 1. The van der Waals surface area contributed by atoms with Crippen LogP contribution in [0, 0.1) is 0 Å². The van der Waals surface area contributed by atoms with Gasteiger partial charge in [-0.15, -0.1) is 12.6 Å². The van der Waals surface area contributed by atoms with E-state index in [1.54, 1.807) is 12.1 Å². The minimum atomic E-state index is -0.630. The zero-order chi connectivity index (χ0) is 15.0. The maximum absolute atomic E-state index is 11.0. The van der Waals surface area contributed by atoms with Crippen molar-refractivity contribution in [2.24, 2.45) is 5.73 Å². The van der Waals surface area contributed by atoms with Crippen LogP contribution in [0.2, 0.25) is 0 Å². The van der Waals surface area contributed by atoms with Crippen molar-refractivity contribution in [3.8, 4) is 5.75 Å². The van der Waals surface area contributed by atoms with Gasteiger partial charge in [-0.3, -0.25) is 9.59 Å². The van der Waals surface area contributed by atoms with E-state index in [0.717, 1.165) is 0 Å². The summed E-state index contributed by atoms with van der Waals surface area (Å²) in [5.74, 6) is -0.630. The molecule has 1 aromatic rings. The smallest absolute Gasteiger partial charge is 0.254 e. The van der Waals surface area contributed by atoms with E-state index in [1.165, 1.54) is 19.1 Å². The van der Waals surface area contributed by atoms with Crippen molar-refractivity contribution in [1.29, 1.82) is 0 Å². The standard InChI is InChI=1S/C12H13NO3S.C2H6.H2O.H2/c1-7(14)4-9-5-8(2-3-10(9)15)6-11(17)12(13)16;1-2;;/h2-3,5-6,15,17H,4H2,1H3,(H2,13,16);1-2H3;1H2;1H/b11-6+;;;. The van der Waals surface area contributed by atoms with Crippen LogP contribution in [0.25, 0.3) is 6.08 Å². The number of phenolic OH excluding ortho intramolecular Hbond substituents is 1. The second kappa shape index (κ2) is 10.1. The van der Waals surface area contributed by atoms with Crippen LogP contribution in [0.15, 0.2) is 23.1 Å². The summed E-state index contributed by atoms with van der Waals surface area (Å²) in [4.78, 5) is 21.9. The summed E-state index contributed by atoms with van der Waals surface area (Å²) in [7, 11) is 0. The first kappa shape index (κ1) is 20.5. The number of carbonyl (C=O) groups is 2. The molecule has 1 aromatic carbocycles. The van der Waals surface area contributed by atoms with Crippen molar-refractivity contribution in [3.05, 3.63) is 34.2 Å². The van der Waals surface area contributed by atoms with Crippen molar-refractivity contribution in [2.75, 3.05) is 0 Å². The molecule has 6 heteroatoms. The van der Waals surface area contributed by atoms with Crippen molar-refractivity contribution < 1.29 is 21.6 Å². The summed E-state index contributed by atoms with van der Waals surface area (Å²) >= 11 is 3.92. The van der Waals surface area contributed by atoms with Crippen LogP contribution < -0.4 is 5.73 Å². The number of amides is 1. The number of benzene rings is 1. The molecule has 0 radical (unpaired) electrons. The summed E-state index contributed by atoms with van der Waals surface area (Å²) in [5.41, 5.74) is 6.21. The molecule has 0 saturated heterocycles. The Morgan fingerprint density at radius 2 is 1.95 bits per heavy atom. The van der Waals surface area contributed by atoms with Gasteiger partial charge in [0.1, 0.15) is 11.5 Å². The Kier molecular flexibility index (Phi) is 10.3. The third-order valence-corrected chi connectivity index (χ3v) is 2.45. The number of hydrogen-bond acceptors (Lipinski definition) is 4. The van der Waals surface area contributed by atoms with Gasteiger partial charge in [0.25, 0.3) is 5.91 Å². The number of carbonyl (C=O) groups excluding carboxylic acids is 2. The second-order valence-corrected chi connectivity index (χ2v) is 4.14. The molecule has 5 nitrogen and oxygen atoms in total. The van der Waals surface area contributed by atoms with Crippen molar-refractivity contribution in [3.63, 3.8) is 0 Å². The monoisotopic (exact) mass is 301 g/mol. The van der Waals surface area contributed by atoms with Gasteiger partial charge in [-0.05, 0) is 30.7 Å². The molecule has 1 rings (SSSR count). The first-order valence-corrected chi connectivity index (χ1v) is 6.36. The van der Waals surface area contributed by atoms with Crippen LogP contribution in [0.3, 0.4) is 0 Å². The number of phenols is 1. The van der Waals surface area contributed by atoms with Crippen molar-refractivity contribution in [2.45, 2.75) is 27.2 Å². The number of aromatic hydroxyl groups is 1. The zero-order valence-corrected chi connectivity index (χ0v) is 12.7. The SMILES string of the molecule is CC.CC(=O)Cc1cc(/C=C(/S)C(N)=O)ccc1O.O.[HH]. The maximum atomic E-state index is 11.0. The second-order valence-electron chi connectivity index (χ2n) is 3.66. The van der Waals surface area contributed by atoms with Gasteiger partial charge in [-0.1, -0.05) is 19.9 Å². The maximum Gasteiger partial charge on any atom is 0.254 e. The van der Waals surface area contributed by atoms with E-state index in [4.69, 9.17) is 5.73 Å². The van der Waals surface area contributed by atoms with Crippen LogP contribution in [0.4, 0.5) is 0 Å². The average Bonchev–Trinajstić information content (AvgIpc) is 2.35. The zero-order valence-electron chi connectivity index (χ0n) is 11.8. The van der Waals surface area contributed by atoms with Crippen LogP contribution >= 0.6 is 12.6 Å². The molecule has 0 atom stereocenters. The van der Waals surface area contributed by atoms with Crippen LogP contribution in [0.1, 0.15) is 33.3 Å². The lowest BCUT2D eigenvalue weighted by Crippen LogP contribution is -2.09. The number of ketones is 1. The third kappa shape index (κ3) is 6.96. The lowest BCUT2D eigenvalue weighted by Gasteiger charge is -2.04. The van der Waals surface area contributed by atoms with E-state index in [1.807, 2.05) is 13.8 Å². The first-order chi connectivity index (χ1) is 8.90. The van der Waals surface area contributed by atoms with E-state index >= 15 is 0 Å². The summed E-state index contributed by atoms with van der Waals surface area (Å²) in [6.45, 7) is 5.44. The number of hydrogen-bond donors (Lipinski definition) is 3. The van der Waals surface area contributed by atoms with Gasteiger partial charge in [0, 0.05) is 13.4 Å². The summed E-state index contributed by atoms with van der Waals surface area (Å²) in [6, 6.07) is 4.69. The van der Waals surface area contributed by atoms with Gasteiger partial charge >= 0.3 is 0 Å². The highest BCUT2D eigenvalue weighted by atomic mass is 32.1. The predicted molar refractivity (Wildman–Crippen MR) is 85.7 cm³/mol. The number of primary amides is 1. The number of rotatable bonds is 4. The fourth-order valence-corrected chi connectivity index (χ4v) is 1.48. The molecule has 0 fully saturated rings. The third-order valence-electron chi connectivity index (χ3n) is 2.10. The molecule has 0 bridgehead atoms. The van der Waals surface area contributed by atoms with Crippen molar-refractivity contribution >= 4 is 30.4 Å². The molecule has 0 unspecified atom stereocenters. The molecule has 5 N–H and O–H groups in total.